The van der Waals surface area contributed by atoms with Gasteiger partial charge in [0.25, 0.3) is 0 Å². The average molecular weight is 327 g/mol. The van der Waals surface area contributed by atoms with Crippen molar-refractivity contribution in [3.63, 3.8) is 0 Å². The maximum absolute atomic E-state index is 12.3. The fraction of sp³-hybridized carbons (Fsp3) is 0.412. The molecule has 1 saturated heterocycles. The minimum absolute atomic E-state index is 0.0376. The molecule has 0 unspecified atom stereocenters. The minimum atomic E-state index is -0.298. The van der Waals surface area contributed by atoms with Gasteiger partial charge in [0.2, 0.25) is 11.8 Å². The van der Waals surface area contributed by atoms with Crippen molar-refractivity contribution >= 4 is 17.5 Å². The molecule has 3 heterocycles. The summed E-state index contributed by atoms with van der Waals surface area (Å²) >= 11 is 0. The van der Waals surface area contributed by atoms with Crippen LogP contribution in [-0.2, 0) is 9.59 Å². The number of aryl methyl sites for hydroxylation is 2. The molecule has 0 aromatic carbocycles. The largest absolute Gasteiger partial charge is 0.342 e. The first-order chi connectivity index (χ1) is 11.5. The SMILES string of the molecule is CCN1C[C@H](C(=O)Nc2ccc(-n3nc(C)cc3C)nc2)CC1=O. The number of carbonyl (C=O) groups is 2. The third-order valence-electron chi connectivity index (χ3n) is 4.21. The van der Waals surface area contributed by atoms with E-state index < -0.39 is 0 Å². The second kappa shape index (κ2) is 6.43. The molecule has 2 aromatic heterocycles. The lowest BCUT2D eigenvalue weighted by Crippen LogP contribution is -2.28. The summed E-state index contributed by atoms with van der Waals surface area (Å²) in [4.78, 5) is 30.1. The van der Waals surface area contributed by atoms with Crippen LogP contribution in [0.5, 0.6) is 0 Å². The van der Waals surface area contributed by atoms with Crippen LogP contribution in [-0.4, -0.2) is 44.6 Å². The van der Waals surface area contributed by atoms with Crippen LogP contribution in [0.1, 0.15) is 24.7 Å². The normalized spacial score (nSPS) is 17.4. The van der Waals surface area contributed by atoms with Crippen LogP contribution in [0.25, 0.3) is 5.82 Å². The fourth-order valence-electron chi connectivity index (χ4n) is 2.94. The molecule has 0 radical (unpaired) electrons. The van der Waals surface area contributed by atoms with Crippen molar-refractivity contribution in [3.05, 3.63) is 35.8 Å². The molecule has 24 heavy (non-hydrogen) atoms. The number of hydrogen-bond acceptors (Lipinski definition) is 4. The Morgan fingerprint density at radius 1 is 1.38 bits per heavy atom. The Bertz CT molecular complexity index is 766. The number of rotatable bonds is 4. The van der Waals surface area contributed by atoms with Crippen LogP contribution >= 0.6 is 0 Å². The molecule has 0 spiro atoms. The summed E-state index contributed by atoms with van der Waals surface area (Å²) in [5.74, 6) is 0.301. The Morgan fingerprint density at radius 2 is 2.17 bits per heavy atom. The number of pyridine rings is 1. The highest BCUT2D eigenvalue weighted by Crippen LogP contribution is 2.20. The van der Waals surface area contributed by atoms with Gasteiger partial charge in [0, 0.05) is 25.2 Å². The molecule has 3 rings (SSSR count). The Labute approximate surface area is 140 Å². The molecule has 1 aliphatic heterocycles. The molecule has 2 aromatic rings. The summed E-state index contributed by atoms with van der Waals surface area (Å²) in [6.07, 6.45) is 1.88. The van der Waals surface area contributed by atoms with Crippen molar-refractivity contribution in [2.24, 2.45) is 5.92 Å². The highest BCUT2D eigenvalue weighted by molar-refractivity contribution is 5.97. The molecule has 1 fully saturated rings. The molecule has 7 heteroatoms. The van der Waals surface area contributed by atoms with Gasteiger partial charge in [0.15, 0.2) is 5.82 Å². The van der Waals surface area contributed by atoms with E-state index in [0.717, 1.165) is 11.4 Å². The van der Waals surface area contributed by atoms with Crippen LogP contribution in [0.2, 0.25) is 0 Å². The van der Waals surface area contributed by atoms with Gasteiger partial charge in [-0.05, 0) is 39.0 Å². The van der Waals surface area contributed by atoms with Crippen molar-refractivity contribution in [1.29, 1.82) is 0 Å². The van der Waals surface area contributed by atoms with Crippen molar-refractivity contribution < 1.29 is 9.59 Å². The van der Waals surface area contributed by atoms with Crippen molar-refractivity contribution in [1.82, 2.24) is 19.7 Å². The highest BCUT2D eigenvalue weighted by atomic mass is 16.2. The monoisotopic (exact) mass is 327 g/mol. The molecule has 1 aliphatic rings. The maximum atomic E-state index is 12.3. The zero-order valence-electron chi connectivity index (χ0n) is 14.1. The Kier molecular flexibility index (Phi) is 4.33. The first-order valence-electron chi connectivity index (χ1n) is 8.06. The maximum Gasteiger partial charge on any atom is 0.229 e. The second-order valence-electron chi connectivity index (χ2n) is 6.07. The van der Waals surface area contributed by atoms with Crippen LogP contribution in [0.3, 0.4) is 0 Å². The van der Waals surface area contributed by atoms with Gasteiger partial charge in [-0.3, -0.25) is 9.59 Å². The van der Waals surface area contributed by atoms with Gasteiger partial charge in [-0.15, -0.1) is 0 Å². The first kappa shape index (κ1) is 16.2. The zero-order chi connectivity index (χ0) is 17.3. The van der Waals surface area contributed by atoms with E-state index >= 15 is 0 Å². The molecule has 7 nitrogen and oxygen atoms in total. The van der Waals surface area contributed by atoms with Crippen molar-refractivity contribution in [2.75, 3.05) is 18.4 Å². The van der Waals surface area contributed by atoms with Crippen LogP contribution < -0.4 is 5.32 Å². The van der Waals surface area contributed by atoms with Crippen LogP contribution in [0.4, 0.5) is 5.69 Å². The van der Waals surface area contributed by atoms with Crippen LogP contribution in [0, 0.1) is 19.8 Å². The third-order valence-corrected chi connectivity index (χ3v) is 4.21. The number of aromatic nitrogens is 3. The fourth-order valence-corrected chi connectivity index (χ4v) is 2.94. The summed E-state index contributed by atoms with van der Waals surface area (Å²) in [6, 6.07) is 5.59. The summed E-state index contributed by atoms with van der Waals surface area (Å²) in [5, 5.41) is 7.22. The molecule has 0 bridgehead atoms. The number of nitrogens with one attached hydrogen (secondary N) is 1. The van der Waals surface area contributed by atoms with E-state index in [1.807, 2.05) is 32.9 Å². The predicted molar refractivity (Wildman–Crippen MR) is 89.8 cm³/mol. The Morgan fingerprint density at radius 3 is 2.71 bits per heavy atom. The van der Waals surface area contributed by atoms with E-state index in [1.54, 1.807) is 21.8 Å². The quantitative estimate of drug-likeness (QED) is 0.927. The number of hydrogen-bond donors (Lipinski definition) is 1. The first-order valence-corrected chi connectivity index (χ1v) is 8.06. The van der Waals surface area contributed by atoms with Gasteiger partial charge in [-0.1, -0.05) is 0 Å². The molecular formula is C17H21N5O2. The number of nitrogens with zero attached hydrogens (tertiary/aromatic N) is 4. The summed E-state index contributed by atoms with van der Waals surface area (Å²) in [6.45, 7) is 6.94. The molecule has 0 aliphatic carbocycles. The Balaban J connectivity index is 1.67. The van der Waals surface area contributed by atoms with Gasteiger partial charge in [0.05, 0.1) is 23.5 Å². The smallest absolute Gasteiger partial charge is 0.229 e. The molecule has 1 atom stereocenters. The Hall–Kier alpha value is -2.70. The average Bonchev–Trinajstić information content (AvgIpc) is 3.10. The van der Waals surface area contributed by atoms with E-state index in [4.69, 9.17) is 0 Å². The highest BCUT2D eigenvalue weighted by Gasteiger charge is 2.33. The van der Waals surface area contributed by atoms with E-state index in [0.29, 0.717) is 24.6 Å². The van der Waals surface area contributed by atoms with Crippen molar-refractivity contribution in [2.45, 2.75) is 27.2 Å². The number of amides is 2. The summed E-state index contributed by atoms with van der Waals surface area (Å²) < 4.78 is 1.76. The molecule has 1 N–H and O–H groups in total. The number of anilines is 1. The minimum Gasteiger partial charge on any atom is -0.342 e. The lowest BCUT2D eigenvalue weighted by atomic mass is 10.1. The molecule has 0 saturated carbocycles. The number of carbonyl (C=O) groups excluding carboxylic acids is 2. The van der Waals surface area contributed by atoms with Gasteiger partial charge < -0.3 is 10.2 Å². The molecular weight excluding hydrogens is 306 g/mol. The molecule has 126 valence electrons. The van der Waals surface area contributed by atoms with Gasteiger partial charge >= 0.3 is 0 Å². The lowest BCUT2D eigenvalue weighted by molar-refractivity contribution is -0.128. The van der Waals surface area contributed by atoms with Crippen LogP contribution in [0.15, 0.2) is 24.4 Å². The number of likely N-dealkylation sites (tertiary alicyclic amines) is 1. The molecule has 2 amide bonds. The van der Waals surface area contributed by atoms with Crippen molar-refractivity contribution in [3.8, 4) is 5.82 Å². The standard InChI is InChI=1S/C17H21N5O2/c1-4-21-10-13(8-16(21)23)17(24)19-14-5-6-15(18-9-14)22-12(3)7-11(2)20-22/h5-7,9,13H,4,8,10H2,1-3H3,(H,19,24)/t13-/m1/s1. The summed E-state index contributed by atoms with van der Waals surface area (Å²) in [7, 11) is 0. The van der Waals surface area contributed by atoms with E-state index in [2.05, 4.69) is 15.4 Å². The predicted octanol–water partition coefficient (Wildman–Crippen LogP) is 1.69. The van der Waals surface area contributed by atoms with E-state index in [9.17, 15) is 9.59 Å². The van der Waals surface area contributed by atoms with Gasteiger partial charge in [-0.25, -0.2) is 9.67 Å². The third kappa shape index (κ3) is 3.15. The second-order valence-corrected chi connectivity index (χ2v) is 6.07. The van der Waals surface area contributed by atoms with Gasteiger partial charge in [0.1, 0.15) is 0 Å². The zero-order valence-corrected chi connectivity index (χ0v) is 14.1. The lowest BCUT2D eigenvalue weighted by Gasteiger charge is -2.13. The van der Waals surface area contributed by atoms with Gasteiger partial charge in [-0.2, -0.15) is 5.10 Å². The topological polar surface area (TPSA) is 80.1 Å². The van der Waals surface area contributed by atoms with E-state index in [1.165, 1.54) is 0 Å². The summed E-state index contributed by atoms with van der Waals surface area (Å²) in [5.41, 5.74) is 2.55. The van der Waals surface area contributed by atoms with E-state index in [-0.39, 0.29) is 24.2 Å².